The number of carbonyl (C=O) groups excluding carboxylic acids is 1. The Kier molecular flexibility index (Phi) is 3.10. The first-order valence-electron chi connectivity index (χ1n) is 5.39. The van der Waals surface area contributed by atoms with Crippen LogP contribution in [0.1, 0.15) is 6.92 Å². The van der Waals surface area contributed by atoms with E-state index in [0.29, 0.717) is 12.3 Å². The molecule has 2 atom stereocenters. The van der Waals surface area contributed by atoms with E-state index in [1.165, 1.54) is 4.90 Å². The molecule has 1 amide bonds. The van der Waals surface area contributed by atoms with Gasteiger partial charge in [0.15, 0.2) is 12.1 Å². The van der Waals surface area contributed by atoms with E-state index >= 15 is 0 Å². The lowest BCUT2D eigenvalue weighted by molar-refractivity contribution is -0.157. The lowest BCUT2D eigenvalue weighted by Gasteiger charge is -2.43. The molecule has 1 aliphatic heterocycles. The summed E-state index contributed by atoms with van der Waals surface area (Å²) < 4.78 is 5.14. The molecule has 5 nitrogen and oxygen atoms in total. The minimum absolute atomic E-state index is 0.301. The summed E-state index contributed by atoms with van der Waals surface area (Å²) in [5, 5.41) is 9.11. The lowest BCUT2D eigenvalue weighted by atomic mass is 9.96. The molecule has 1 aromatic carbocycles. The van der Waals surface area contributed by atoms with Gasteiger partial charge in [-0.2, -0.15) is 0 Å². The maximum absolute atomic E-state index is 11.8. The second kappa shape index (κ2) is 4.55. The van der Waals surface area contributed by atoms with Crippen LogP contribution in [0.15, 0.2) is 30.3 Å². The average Bonchev–Trinajstić information content (AvgIpc) is 2.33. The molecule has 1 saturated heterocycles. The third-order valence-electron chi connectivity index (χ3n) is 2.68. The third kappa shape index (κ3) is 1.89. The van der Waals surface area contributed by atoms with Gasteiger partial charge in [-0.05, 0) is 19.1 Å². The number of carbonyl (C=O) groups is 2. The third-order valence-corrected chi connectivity index (χ3v) is 2.68. The number of aliphatic carboxylic acids is 1. The number of benzene rings is 1. The van der Waals surface area contributed by atoms with Gasteiger partial charge in [0.25, 0.3) is 5.91 Å². The number of amides is 1. The van der Waals surface area contributed by atoms with Crippen LogP contribution in [-0.2, 0) is 14.3 Å². The monoisotopic (exact) mass is 235 g/mol. The van der Waals surface area contributed by atoms with Crippen molar-refractivity contribution in [3.63, 3.8) is 0 Å². The maximum Gasteiger partial charge on any atom is 0.330 e. The Balaban J connectivity index is 2.24. The predicted molar refractivity (Wildman–Crippen MR) is 60.8 cm³/mol. The van der Waals surface area contributed by atoms with Crippen molar-refractivity contribution in [2.45, 2.75) is 19.1 Å². The molecule has 1 N–H and O–H groups in total. The highest BCUT2D eigenvalue weighted by molar-refractivity contribution is 6.12. The number of carboxylic acids is 1. The molecule has 1 fully saturated rings. The maximum atomic E-state index is 11.8. The van der Waals surface area contributed by atoms with Crippen LogP contribution in [0.25, 0.3) is 0 Å². The number of β-lactam (4-membered cyclic amide) rings is 1. The fourth-order valence-electron chi connectivity index (χ4n) is 1.92. The summed E-state index contributed by atoms with van der Waals surface area (Å²) in [5.74, 6) is -1.35. The van der Waals surface area contributed by atoms with E-state index in [0.717, 1.165) is 0 Å². The van der Waals surface area contributed by atoms with Crippen molar-refractivity contribution >= 4 is 17.6 Å². The van der Waals surface area contributed by atoms with Crippen LogP contribution >= 0.6 is 0 Å². The number of ether oxygens (including phenoxy) is 1. The normalized spacial score (nSPS) is 23.4. The summed E-state index contributed by atoms with van der Waals surface area (Å²) in [4.78, 5) is 24.2. The van der Waals surface area contributed by atoms with Gasteiger partial charge in [-0.1, -0.05) is 18.2 Å². The number of nitrogens with zero attached hydrogens (tertiary/aromatic N) is 1. The summed E-state index contributed by atoms with van der Waals surface area (Å²) in [6, 6.07) is 7.81. The van der Waals surface area contributed by atoms with Gasteiger partial charge in [-0.15, -0.1) is 0 Å². The Bertz CT molecular complexity index is 431. The van der Waals surface area contributed by atoms with E-state index in [9.17, 15) is 9.59 Å². The van der Waals surface area contributed by atoms with E-state index in [-0.39, 0.29) is 5.91 Å². The SMILES string of the molecule is CCO[C@H]1C(=O)N(c2ccccc2)[C@@H]1C(=O)O. The highest BCUT2D eigenvalue weighted by Gasteiger charge is 2.53. The molecule has 0 aromatic heterocycles. The van der Waals surface area contributed by atoms with E-state index in [4.69, 9.17) is 9.84 Å². The standard InChI is InChI=1S/C12H13NO4/c1-2-17-10-9(12(15)16)13(11(10)14)8-6-4-3-5-7-8/h3-7,9-10H,2H2,1H3,(H,15,16)/t9-,10+/m0/s1. The summed E-state index contributed by atoms with van der Waals surface area (Å²) in [7, 11) is 0. The summed E-state index contributed by atoms with van der Waals surface area (Å²) in [6.45, 7) is 2.06. The fraction of sp³-hybridized carbons (Fsp3) is 0.333. The molecule has 1 heterocycles. The molecule has 0 spiro atoms. The van der Waals surface area contributed by atoms with Gasteiger partial charge in [0.05, 0.1) is 0 Å². The first-order valence-corrected chi connectivity index (χ1v) is 5.39. The van der Waals surface area contributed by atoms with Crippen LogP contribution in [0.5, 0.6) is 0 Å². The molecule has 1 aliphatic rings. The van der Waals surface area contributed by atoms with Gasteiger partial charge in [-0.3, -0.25) is 9.69 Å². The van der Waals surface area contributed by atoms with Crippen LogP contribution in [0.4, 0.5) is 5.69 Å². The molecule has 0 aliphatic carbocycles. The Morgan fingerprint density at radius 3 is 2.59 bits per heavy atom. The van der Waals surface area contributed by atoms with Crippen molar-refractivity contribution in [3.8, 4) is 0 Å². The molecular formula is C12H13NO4. The molecule has 1 aromatic rings. The summed E-state index contributed by atoms with van der Waals surface area (Å²) >= 11 is 0. The van der Waals surface area contributed by atoms with Crippen LogP contribution < -0.4 is 4.90 Å². The zero-order valence-electron chi connectivity index (χ0n) is 9.37. The highest BCUT2D eigenvalue weighted by Crippen LogP contribution is 2.30. The van der Waals surface area contributed by atoms with Gasteiger partial charge < -0.3 is 9.84 Å². The predicted octanol–water partition coefficient (Wildman–Crippen LogP) is 0.891. The molecule has 2 rings (SSSR count). The Morgan fingerprint density at radius 1 is 1.41 bits per heavy atom. The second-order valence-corrected chi connectivity index (χ2v) is 3.70. The van der Waals surface area contributed by atoms with Gasteiger partial charge in [0.1, 0.15) is 0 Å². The summed E-state index contributed by atoms with van der Waals surface area (Å²) in [6.07, 6.45) is -0.863. The van der Waals surface area contributed by atoms with Crippen LogP contribution in [0.2, 0.25) is 0 Å². The topological polar surface area (TPSA) is 66.8 Å². The average molecular weight is 235 g/mol. The zero-order valence-corrected chi connectivity index (χ0v) is 9.37. The number of rotatable bonds is 4. The van der Waals surface area contributed by atoms with E-state index in [1.54, 1.807) is 31.2 Å². The quantitative estimate of drug-likeness (QED) is 0.787. The van der Waals surface area contributed by atoms with Gasteiger partial charge >= 0.3 is 5.97 Å². The minimum Gasteiger partial charge on any atom is -0.480 e. The number of hydrogen-bond donors (Lipinski definition) is 1. The summed E-state index contributed by atoms with van der Waals surface area (Å²) in [5.41, 5.74) is 0.584. The van der Waals surface area contributed by atoms with Crippen LogP contribution in [0, 0.1) is 0 Å². The molecule has 5 heteroatoms. The number of carboxylic acid groups (broad SMARTS) is 1. The number of para-hydroxylation sites is 1. The Labute approximate surface area is 98.6 Å². The van der Waals surface area contributed by atoms with Gasteiger partial charge in [0, 0.05) is 12.3 Å². The Morgan fingerprint density at radius 2 is 2.06 bits per heavy atom. The fourth-order valence-corrected chi connectivity index (χ4v) is 1.92. The van der Waals surface area contributed by atoms with Crippen molar-refractivity contribution in [2.75, 3.05) is 11.5 Å². The second-order valence-electron chi connectivity index (χ2n) is 3.70. The number of anilines is 1. The van der Waals surface area contributed by atoms with Crippen molar-refractivity contribution in [1.82, 2.24) is 0 Å². The lowest BCUT2D eigenvalue weighted by Crippen LogP contribution is -2.69. The van der Waals surface area contributed by atoms with E-state index < -0.39 is 18.1 Å². The molecule has 90 valence electrons. The molecular weight excluding hydrogens is 222 g/mol. The van der Waals surface area contributed by atoms with Crippen LogP contribution in [0.3, 0.4) is 0 Å². The first kappa shape index (κ1) is 11.6. The number of hydrogen-bond acceptors (Lipinski definition) is 3. The molecule has 17 heavy (non-hydrogen) atoms. The minimum atomic E-state index is -1.05. The van der Waals surface area contributed by atoms with E-state index in [2.05, 4.69) is 0 Å². The van der Waals surface area contributed by atoms with Crippen LogP contribution in [-0.4, -0.2) is 35.7 Å². The zero-order chi connectivity index (χ0) is 12.4. The van der Waals surface area contributed by atoms with E-state index in [1.807, 2.05) is 6.07 Å². The van der Waals surface area contributed by atoms with Gasteiger partial charge in [-0.25, -0.2) is 4.79 Å². The van der Waals surface area contributed by atoms with Gasteiger partial charge in [0.2, 0.25) is 0 Å². The molecule has 0 saturated carbocycles. The molecule has 0 unspecified atom stereocenters. The van der Waals surface area contributed by atoms with Crippen molar-refractivity contribution in [2.24, 2.45) is 0 Å². The van der Waals surface area contributed by atoms with Crippen molar-refractivity contribution in [3.05, 3.63) is 30.3 Å². The van der Waals surface area contributed by atoms with Crippen molar-refractivity contribution in [1.29, 1.82) is 0 Å². The van der Waals surface area contributed by atoms with Crippen molar-refractivity contribution < 1.29 is 19.4 Å². The highest BCUT2D eigenvalue weighted by atomic mass is 16.5. The molecule has 0 bridgehead atoms. The molecule has 0 radical (unpaired) electrons. The smallest absolute Gasteiger partial charge is 0.330 e. The first-order chi connectivity index (χ1) is 8.16. The largest absolute Gasteiger partial charge is 0.480 e. The Hall–Kier alpha value is -1.88.